The van der Waals surface area contributed by atoms with Crippen LogP contribution >= 0.6 is 0 Å². The van der Waals surface area contributed by atoms with Gasteiger partial charge in [-0.3, -0.25) is 10.2 Å². The van der Waals surface area contributed by atoms with Crippen LogP contribution in [0.1, 0.15) is 18.9 Å². The van der Waals surface area contributed by atoms with Gasteiger partial charge in [-0.15, -0.1) is 0 Å². The summed E-state index contributed by atoms with van der Waals surface area (Å²) in [5.41, 5.74) is 3.42. The highest BCUT2D eigenvalue weighted by Gasteiger charge is 2.52. The molecule has 2 aliphatic rings. The van der Waals surface area contributed by atoms with Crippen LogP contribution in [0.2, 0.25) is 0 Å². The molecule has 2 heterocycles. The molecule has 2 atom stereocenters. The molecule has 0 spiro atoms. The summed E-state index contributed by atoms with van der Waals surface area (Å²) in [6.07, 6.45) is 2.16. The van der Waals surface area contributed by atoms with Gasteiger partial charge in [0.05, 0.1) is 6.17 Å². The lowest BCUT2D eigenvalue weighted by atomic mass is 9.81. The van der Waals surface area contributed by atoms with Crippen LogP contribution in [0.15, 0.2) is 60.7 Å². The number of carboxylic acid groups (broad SMARTS) is 2. The van der Waals surface area contributed by atoms with Crippen molar-refractivity contribution in [3.8, 4) is 5.75 Å². The minimum Gasteiger partial charge on any atom is -0.478 e. The van der Waals surface area contributed by atoms with Crippen LogP contribution in [0.4, 0.5) is 16.2 Å². The zero-order valence-corrected chi connectivity index (χ0v) is 18.7. The third-order valence-electron chi connectivity index (χ3n) is 5.90. The summed E-state index contributed by atoms with van der Waals surface area (Å²) in [4.78, 5) is 35.9. The summed E-state index contributed by atoms with van der Waals surface area (Å²) in [5, 5.41) is 18.5. The Kier molecular flexibility index (Phi) is 7.03. The van der Waals surface area contributed by atoms with Crippen LogP contribution in [0, 0.1) is 0 Å². The normalized spacial score (nSPS) is 21.1. The van der Waals surface area contributed by atoms with Gasteiger partial charge in [0.2, 0.25) is 0 Å². The SMILES string of the molecule is CN1CCC2(C)c3ccc(NC(=O)Oc4ccccc4)cc3N(C)C12.O=C(O)/C=C\C(=O)O. The summed E-state index contributed by atoms with van der Waals surface area (Å²) in [7, 11) is 4.30. The van der Waals surface area contributed by atoms with Gasteiger partial charge >= 0.3 is 18.0 Å². The monoisotopic (exact) mass is 453 g/mol. The van der Waals surface area contributed by atoms with E-state index < -0.39 is 18.0 Å². The predicted molar refractivity (Wildman–Crippen MR) is 124 cm³/mol. The molecule has 0 aromatic heterocycles. The van der Waals surface area contributed by atoms with E-state index >= 15 is 0 Å². The number of likely N-dealkylation sites (N-methyl/N-ethyl adjacent to an activating group) is 2. The number of carbonyl (C=O) groups excluding carboxylic acids is 1. The number of hydrogen-bond acceptors (Lipinski definition) is 6. The molecule has 1 saturated heterocycles. The van der Waals surface area contributed by atoms with Gasteiger partial charge in [0.25, 0.3) is 0 Å². The van der Waals surface area contributed by atoms with Gasteiger partial charge in [-0.1, -0.05) is 31.2 Å². The van der Waals surface area contributed by atoms with Gasteiger partial charge in [0.1, 0.15) is 5.75 Å². The van der Waals surface area contributed by atoms with Crippen LogP contribution in [-0.4, -0.2) is 60.0 Å². The van der Waals surface area contributed by atoms with Crippen molar-refractivity contribution in [1.82, 2.24) is 4.90 Å². The molecule has 33 heavy (non-hydrogen) atoms. The molecule has 9 heteroatoms. The molecule has 1 fully saturated rings. The number of aliphatic carboxylic acids is 2. The van der Waals surface area contributed by atoms with Gasteiger partial charge in [-0.25, -0.2) is 14.4 Å². The third-order valence-corrected chi connectivity index (χ3v) is 5.90. The van der Waals surface area contributed by atoms with Crippen molar-refractivity contribution in [2.75, 3.05) is 30.9 Å². The van der Waals surface area contributed by atoms with E-state index in [1.54, 1.807) is 12.1 Å². The Balaban J connectivity index is 0.000000331. The van der Waals surface area contributed by atoms with Gasteiger partial charge in [-0.2, -0.15) is 0 Å². The smallest absolute Gasteiger partial charge is 0.417 e. The first-order chi connectivity index (χ1) is 15.6. The molecule has 2 aromatic carbocycles. The topological polar surface area (TPSA) is 119 Å². The number of hydrogen-bond donors (Lipinski definition) is 3. The fraction of sp³-hybridized carbons (Fsp3) is 0.292. The standard InChI is InChI=1S/C20H23N3O2.C4H4O4/c1-20-11-12-22(2)18(20)23(3)17-13-14(9-10-16(17)20)21-19(24)25-15-7-5-4-6-8-15;5-3(6)1-2-4(7)8/h4-10,13,18H,11-12H2,1-3H3,(H,21,24);1-2H,(H,5,6)(H,7,8)/b;2-1-. The number of ether oxygens (including phenoxy) is 1. The fourth-order valence-corrected chi connectivity index (χ4v) is 4.54. The lowest BCUT2D eigenvalue weighted by molar-refractivity contribution is -0.134. The minimum atomic E-state index is -1.26. The summed E-state index contributed by atoms with van der Waals surface area (Å²) in [5.74, 6) is -1.98. The number of benzene rings is 2. The molecule has 2 aliphatic heterocycles. The minimum absolute atomic E-state index is 0.141. The molecule has 9 nitrogen and oxygen atoms in total. The largest absolute Gasteiger partial charge is 0.478 e. The van der Waals surface area contributed by atoms with E-state index in [9.17, 15) is 14.4 Å². The van der Waals surface area contributed by atoms with Crippen molar-refractivity contribution >= 4 is 29.4 Å². The first-order valence-corrected chi connectivity index (χ1v) is 10.4. The number of fused-ring (bicyclic) bond motifs is 3. The molecule has 1 amide bonds. The molecule has 174 valence electrons. The Labute approximate surface area is 191 Å². The third kappa shape index (κ3) is 5.32. The molecular formula is C24H27N3O6. The number of carboxylic acids is 2. The highest BCUT2D eigenvalue weighted by Crippen LogP contribution is 2.51. The number of likely N-dealkylation sites (tertiary alicyclic amines) is 1. The van der Waals surface area contributed by atoms with E-state index in [1.807, 2.05) is 30.3 Å². The summed E-state index contributed by atoms with van der Waals surface area (Å²) >= 11 is 0. The molecule has 0 radical (unpaired) electrons. The summed E-state index contributed by atoms with van der Waals surface area (Å²) in [6.45, 7) is 3.44. The average molecular weight is 453 g/mol. The number of para-hydroxylation sites is 1. The summed E-state index contributed by atoms with van der Waals surface area (Å²) in [6, 6.07) is 15.2. The second kappa shape index (κ2) is 9.74. The van der Waals surface area contributed by atoms with Crippen LogP contribution in [0.25, 0.3) is 0 Å². The van der Waals surface area contributed by atoms with Crippen molar-refractivity contribution in [1.29, 1.82) is 0 Å². The second-order valence-electron chi connectivity index (χ2n) is 8.20. The number of carbonyl (C=O) groups is 3. The van der Waals surface area contributed by atoms with E-state index in [4.69, 9.17) is 14.9 Å². The maximum absolute atomic E-state index is 12.1. The Bertz CT molecular complexity index is 1060. The predicted octanol–water partition coefficient (Wildman–Crippen LogP) is 3.38. The number of amides is 1. The zero-order chi connectivity index (χ0) is 24.2. The molecule has 2 aromatic rings. The van der Waals surface area contributed by atoms with E-state index in [0.717, 1.165) is 18.7 Å². The van der Waals surface area contributed by atoms with Gasteiger partial charge in [0, 0.05) is 42.5 Å². The van der Waals surface area contributed by atoms with E-state index in [2.05, 4.69) is 42.2 Å². The first kappa shape index (κ1) is 23.8. The van der Waals surface area contributed by atoms with Crippen molar-refractivity contribution in [2.24, 2.45) is 0 Å². The first-order valence-electron chi connectivity index (χ1n) is 10.4. The molecule has 4 rings (SSSR count). The number of anilines is 2. The molecule has 0 aliphatic carbocycles. The molecule has 0 bridgehead atoms. The van der Waals surface area contributed by atoms with E-state index in [-0.39, 0.29) is 5.41 Å². The van der Waals surface area contributed by atoms with Crippen molar-refractivity contribution in [2.45, 2.75) is 24.9 Å². The number of nitrogens with one attached hydrogen (secondary N) is 1. The summed E-state index contributed by atoms with van der Waals surface area (Å²) < 4.78 is 5.30. The van der Waals surface area contributed by atoms with Crippen LogP contribution in [-0.2, 0) is 15.0 Å². The Morgan fingerprint density at radius 2 is 1.70 bits per heavy atom. The van der Waals surface area contributed by atoms with Gasteiger partial charge in [0.15, 0.2) is 0 Å². The van der Waals surface area contributed by atoms with E-state index in [0.29, 0.717) is 24.1 Å². The Hall–Kier alpha value is -3.85. The van der Waals surface area contributed by atoms with Crippen LogP contribution < -0.4 is 15.0 Å². The highest BCUT2D eigenvalue weighted by atomic mass is 16.6. The van der Waals surface area contributed by atoms with Crippen molar-refractivity contribution in [3.63, 3.8) is 0 Å². The lowest BCUT2D eigenvalue weighted by Gasteiger charge is -2.32. The number of nitrogens with zero attached hydrogens (tertiary/aromatic N) is 2. The quantitative estimate of drug-likeness (QED) is 0.603. The molecule has 2 unspecified atom stereocenters. The van der Waals surface area contributed by atoms with Gasteiger partial charge < -0.3 is 19.8 Å². The maximum Gasteiger partial charge on any atom is 0.417 e. The highest BCUT2D eigenvalue weighted by molar-refractivity contribution is 5.89. The van der Waals surface area contributed by atoms with Crippen LogP contribution in [0.5, 0.6) is 5.75 Å². The average Bonchev–Trinajstić information content (AvgIpc) is 3.18. The van der Waals surface area contributed by atoms with Crippen LogP contribution in [0.3, 0.4) is 0 Å². The van der Waals surface area contributed by atoms with Crippen molar-refractivity contribution in [3.05, 3.63) is 66.2 Å². The Morgan fingerprint density at radius 1 is 1.06 bits per heavy atom. The maximum atomic E-state index is 12.1. The fourth-order valence-electron chi connectivity index (χ4n) is 4.54. The molecule has 0 saturated carbocycles. The number of rotatable bonds is 4. The lowest BCUT2D eigenvalue weighted by Crippen LogP contribution is -2.45. The van der Waals surface area contributed by atoms with Crippen molar-refractivity contribution < 1.29 is 29.3 Å². The molecular weight excluding hydrogens is 426 g/mol. The van der Waals surface area contributed by atoms with Gasteiger partial charge in [-0.05, 0) is 43.3 Å². The second-order valence-corrected chi connectivity index (χ2v) is 8.20. The Morgan fingerprint density at radius 3 is 2.30 bits per heavy atom. The molecule has 3 N–H and O–H groups in total. The zero-order valence-electron chi connectivity index (χ0n) is 18.7. The van der Waals surface area contributed by atoms with E-state index in [1.165, 1.54) is 11.3 Å².